The maximum Gasteiger partial charge on any atom is 0.216 e. The van der Waals surface area contributed by atoms with Crippen LogP contribution in [0.4, 0.5) is 0 Å². The predicted octanol–water partition coefficient (Wildman–Crippen LogP) is -0.516. The highest BCUT2D eigenvalue weighted by Crippen LogP contribution is 2.14. The summed E-state index contributed by atoms with van der Waals surface area (Å²) in [5, 5.41) is 30.3. The third kappa shape index (κ3) is 3.83. The van der Waals surface area contributed by atoms with E-state index in [1.807, 2.05) is 6.07 Å². The van der Waals surface area contributed by atoms with Crippen LogP contribution in [0.1, 0.15) is 24.3 Å². The topological polar surface area (TPSA) is 106 Å². The fraction of sp³-hybridized carbons (Fsp3) is 0.364. The maximum absolute atomic E-state index is 10.6. The third-order valence-electron chi connectivity index (χ3n) is 2.14. The van der Waals surface area contributed by atoms with Gasteiger partial charge in [0.25, 0.3) is 0 Å². The zero-order valence-electron chi connectivity index (χ0n) is 9.29. The number of aromatic nitrogens is 1. The smallest absolute Gasteiger partial charge is 0.216 e. The summed E-state index contributed by atoms with van der Waals surface area (Å²) in [4.78, 5) is 14.5. The Morgan fingerprint density at radius 3 is 2.76 bits per heavy atom. The summed E-state index contributed by atoms with van der Waals surface area (Å²) < 4.78 is 0. The Labute approximate surface area is 98.5 Å². The van der Waals surface area contributed by atoms with Crippen molar-refractivity contribution in [2.75, 3.05) is 6.54 Å². The Kier molecular flexibility index (Phi) is 4.57. The second-order valence-electron chi connectivity index (χ2n) is 3.53. The molecule has 0 saturated heterocycles. The fourth-order valence-electron chi connectivity index (χ4n) is 1.20. The lowest BCUT2D eigenvalue weighted by Crippen LogP contribution is -2.34. The maximum atomic E-state index is 10.6. The highest BCUT2D eigenvalue weighted by molar-refractivity contribution is 5.72. The molecule has 0 aromatic carbocycles. The van der Waals surface area contributed by atoms with E-state index in [2.05, 4.69) is 10.3 Å². The van der Waals surface area contributed by atoms with E-state index in [1.165, 1.54) is 25.3 Å². The zero-order chi connectivity index (χ0) is 12.8. The second-order valence-corrected chi connectivity index (χ2v) is 3.53. The summed E-state index contributed by atoms with van der Waals surface area (Å²) in [5.74, 6) is -0.288. The van der Waals surface area contributed by atoms with Gasteiger partial charge in [0.05, 0.1) is 11.3 Å². The average molecular weight is 235 g/mol. The first-order chi connectivity index (χ1) is 8.04. The molecule has 0 fully saturated rings. The van der Waals surface area contributed by atoms with E-state index in [-0.39, 0.29) is 18.1 Å². The van der Waals surface area contributed by atoms with E-state index in [0.717, 1.165) is 0 Å². The lowest BCUT2D eigenvalue weighted by Gasteiger charge is -2.17. The second kappa shape index (κ2) is 5.94. The van der Waals surface area contributed by atoms with Gasteiger partial charge in [-0.2, -0.15) is 5.26 Å². The quantitative estimate of drug-likeness (QED) is 0.651. The Morgan fingerprint density at radius 1 is 1.59 bits per heavy atom. The largest absolute Gasteiger partial charge is 0.388 e. The monoisotopic (exact) mass is 235 g/mol. The highest BCUT2D eigenvalue weighted by atomic mass is 16.3. The van der Waals surface area contributed by atoms with Crippen molar-refractivity contribution < 1.29 is 15.0 Å². The summed E-state index contributed by atoms with van der Waals surface area (Å²) in [6.07, 6.45) is -1.03. The molecule has 6 nitrogen and oxygen atoms in total. The standard InChI is InChI=1S/C11H13N3O3/c1-7(15)13-6-10(16)11(17)9-3-2-8(4-12)5-14-9/h2-3,5,10-11,16-17H,6H2,1H3,(H,13,15). The molecule has 6 heteroatoms. The number of carbonyl (C=O) groups is 1. The molecular weight excluding hydrogens is 222 g/mol. The van der Waals surface area contributed by atoms with Crippen LogP contribution in [0.25, 0.3) is 0 Å². The van der Waals surface area contributed by atoms with Crippen molar-refractivity contribution in [3.8, 4) is 6.07 Å². The van der Waals surface area contributed by atoms with Crippen LogP contribution in [-0.2, 0) is 4.79 Å². The van der Waals surface area contributed by atoms with Crippen molar-refractivity contribution in [2.24, 2.45) is 0 Å². The van der Waals surface area contributed by atoms with Crippen LogP contribution in [0.3, 0.4) is 0 Å². The van der Waals surface area contributed by atoms with Gasteiger partial charge < -0.3 is 15.5 Å². The van der Waals surface area contributed by atoms with Crippen LogP contribution >= 0.6 is 0 Å². The molecular formula is C11H13N3O3. The number of amides is 1. The van der Waals surface area contributed by atoms with Crippen LogP contribution in [0, 0.1) is 11.3 Å². The van der Waals surface area contributed by atoms with Crippen LogP contribution in [0.5, 0.6) is 0 Å². The van der Waals surface area contributed by atoms with E-state index < -0.39 is 12.2 Å². The van der Waals surface area contributed by atoms with Gasteiger partial charge in [-0.25, -0.2) is 0 Å². The molecule has 90 valence electrons. The molecule has 0 saturated carbocycles. The van der Waals surface area contributed by atoms with Gasteiger partial charge in [0.1, 0.15) is 18.3 Å². The predicted molar refractivity (Wildman–Crippen MR) is 58.6 cm³/mol. The summed E-state index contributed by atoms with van der Waals surface area (Å²) in [6, 6.07) is 4.85. The molecule has 0 radical (unpaired) electrons. The molecule has 0 spiro atoms. The molecule has 0 aliphatic carbocycles. The Morgan fingerprint density at radius 2 is 2.29 bits per heavy atom. The number of hydrogen-bond donors (Lipinski definition) is 3. The molecule has 2 atom stereocenters. The van der Waals surface area contributed by atoms with E-state index >= 15 is 0 Å². The van der Waals surface area contributed by atoms with Crippen molar-refractivity contribution in [1.29, 1.82) is 5.26 Å². The third-order valence-corrected chi connectivity index (χ3v) is 2.14. The normalized spacial score (nSPS) is 13.5. The van der Waals surface area contributed by atoms with Gasteiger partial charge in [0.15, 0.2) is 0 Å². The summed E-state index contributed by atoms with van der Waals surface area (Å²) in [6.45, 7) is 1.26. The van der Waals surface area contributed by atoms with E-state index in [1.54, 1.807) is 0 Å². The molecule has 0 aliphatic rings. The van der Waals surface area contributed by atoms with Crippen molar-refractivity contribution in [3.05, 3.63) is 29.6 Å². The Hall–Kier alpha value is -1.97. The molecule has 1 rings (SSSR count). The van der Waals surface area contributed by atoms with Crippen molar-refractivity contribution in [1.82, 2.24) is 10.3 Å². The van der Waals surface area contributed by atoms with Gasteiger partial charge in [0, 0.05) is 19.7 Å². The minimum atomic E-state index is -1.20. The number of aliphatic hydroxyl groups is 2. The van der Waals surface area contributed by atoms with Gasteiger partial charge in [-0.1, -0.05) is 0 Å². The Balaban J connectivity index is 2.64. The van der Waals surface area contributed by atoms with Gasteiger partial charge in [0.2, 0.25) is 5.91 Å². The van der Waals surface area contributed by atoms with E-state index in [9.17, 15) is 15.0 Å². The van der Waals surface area contributed by atoms with E-state index in [4.69, 9.17) is 5.26 Å². The number of nitrogens with zero attached hydrogens (tertiary/aromatic N) is 2. The molecule has 0 aliphatic heterocycles. The number of nitrogens with one attached hydrogen (secondary N) is 1. The van der Waals surface area contributed by atoms with Gasteiger partial charge in [-0.3, -0.25) is 9.78 Å². The molecule has 1 amide bonds. The molecule has 0 bridgehead atoms. The van der Waals surface area contributed by atoms with Crippen LogP contribution in [-0.4, -0.2) is 33.8 Å². The number of nitriles is 1. The number of pyridine rings is 1. The Bertz CT molecular complexity index is 425. The molecule has 3 N–H and O–H groups in total. The minimum Gasteiger partial charge on any atom is -0.388 e. The van der Waals surface area contributed by atoms with Crippen molar-refractivity contribution in [2.45, 2.75) is 19.1 Å². The molecule has 2 unspecified atom stereocenters. The highest BCUT2D eigenvalue weighted by Gasteiger charge is 2.19. The molecule has 17 heavy (non-hydrogen) atoms. The SMILES string of the molecule is CC(=O)NCC(O)C(O)c1ccc(C#N)cn1. The minimum absolute atomic E-state index is 0.0574. The first kappa shape index (κ1) is 13.1. The summed E-state index contributed by atoms with van der Waals surface area (Å²) in [5.41, 5.74) is 0.624. The van der Waals surface area contributed by atoms with Crippen molar-refractivity contribution >= 4 is 5.91 Å². The summed E-state index contributed by atoms with van der Waals surface area (Å²) >= 11 is 0. The molecule has 1 aromatic rings. The number of aliphatic hydroxyl groups excluding tert-OH is 2. The average Bonchev–Trinajstić information content (AvgIpc) is 2.35. The number of hydrogen-bond acceptors (Lipinski definition) is 5. The lowest BCUT2D eigenvalue weighted by molar-refractivity contribution is -0.119. The number of rotatable bonds is 4. The molecule has 1 heterocycles. The molecule has 1 aromatic heterocycles. The van der Waals surface area contributed by atoms with Crippen molar-refractivity contribution in [3.63, 3.8) is 0 Å². The van der Waals surface area contributed by atoms with Gasteiger partial charge in [-0.05, 0) is 12.1 Å². The van der Waals surface area contributed by atoms with Crippen LogP contribution < -0.4 is 5.32 Å². The zero-order valence-corrected chi connectivity index (χ0v) is 9.29. The summed E-state index contributed by atoms with van der Waals surface area (Å²) in [7, 11) is 0. The van der Waals surface area contributed by atoms with Crippen LogP contribution in [0.15, 0.2) is 18.3 Å². The van der Waals surface area contributed by atoms with Gasteiger partial charge >= 0.3 is 0 Å². The first-order valence-electron chi connectivity index (χ1n) is 5.01. The van der Waals surface area contributed by atoms with Gasteiger partial charge in [-0.15, -0.1) is 0 Å². The fourth-order valence-corrected chi connectivity index (χ4v) is 1.20. The van der Waals surface area contributed by atoms with Crippen LogP contribution in [0.2, 0.25) is 0 Å². The first-order valence-corrected chi connectivity index (χ1v) is 5.01. The lowest BCUT2D eigenvalue weighted by atomic mass is 10.1. The number of carbonyl (C=O) groups excluding carboxylic acids is 1. The van der Waals surface area contributed by atoms with E-state index in [0.29, 0.717) is 5.56 Å².